The van der Waals surface area contributed by atoms with Crippen LogP contribution >= 0.6 is 0 Å². The minimum Gasteiger partial charge on any atom is -0.331 e. The van der Waals surface area contributed by atoms with Gasteiger partial charge in [0.1, 0.15) is 24.0 Å². The van der Waals surface area contributed by atoms with Crippen LogP contribution < -0.4 is 4.72 Å². The van der Waals surface area contributed by atoms with Crippen LogP contribution in [-0.2, 0) is 27.9 Å². The lowest BCUT2D eigenvalue weighted by molar-refractivity contribution is -0.134. The van der Waals surface area contributed by atoms with Crippen LogP contribution in [0.1, 0.15) is 25.1 Å². The normalized spacial score (nSPS) is 15.1. The van der Waals surface area contributed by atoms with Crippen molar-refractivity contribution < 1.29 is 22.0 Å². The first-order valence-corrected chi connectivity index (χ1v) is 9.72. The molecule has 1 aliphatic rings. The van der Waals surface area contributed by atoms with E-state index in [0.717, 1.165) is 23.8 Å². The first kappa shape index (κ1) is 19.3. The summed E-state index contributed by atoms with van der Waals surface area (Å²) < 4.78 is 55.1. The largest absolute Gasteiger partial charge is 0.331 e. The minimum absolute atomic E-state index is 0.218. The molecule has 0 fully saturated rings. The van der Waals surface area contributed by atoms with Crippen LogP contribution in [0, 0.1) is 17.6 Å². The van der Waals surface area contributed by atoms with Crippen LogP contribution in [-0.4, -0.2) is 35.2 Å². The molecule has 3 rings (SSSR count). The molecule has 0 radical (unpaired) electrons. The third-order valence-electron chi connectivity index (χ3n) is 4.30. The zero-order valence-corrected chi connectivity index (χ0v) is 15.5. The first-order chi connectivity index (χ1) is 12.7. The maximum Gasteiger partial charge on any atom is 0.247 e. The summed E-state index contributed by atoms with van der Waals surface area (Å²) in [5.74, 6) is -3.39. The lowest BCUT2D eigenvalue weighted by atomic mass is 10.0. The fourth-order valence-electron chi connectivity index (χ4n) is 2.89. The molecule has 1 N–H and O–H groups in total. The van der Waals surface area contributed by atoms with Crippen molar-refractivity contribution in [1.82, 2.24) is 19.6 Å². The Morgan fingerprint density at radius 3 is 2.48 bits per heavy atom. The van der Waals surface area contributed by atoms with Gasteiger partial charge in [0, 0.05) is 18.3 Å². The molecule has 1 aromatic carbocycles. The third kappa shape index (κ3) is 3.81. The van der Waals surface area contributed by atoms with Gasteiger partial charge >= 0.3 is 0 Å². The molecule has 10 heteroatoms. The van der Waals surface area contributed by atoms with E-state index < -0.39 is 44.4 Å². The monoisotopic (exact) mass is 396 g/mol. The number of fused-ring (bicyclic) bond motifs is 1. The van der Waals surface area contributed by atoms with Crippen LogP contribution in [0.4, 0.5) is 8.78 Å². The molecule has 1 atom stereocenters. The summed E-state index contributed by atoms with van der Waals surface area (Å²) in [6.45, 7) is 3.75. The number of nitrogens with zero attached hydrogens (tertiary/aromatic N) is 3. The van der Waals surface area contributed by atoms with Gasteiger partial charge in [0.2, 0.25) is 15.9 Å². The van der Waals surface area contributed by atoms with Gasteiger partial charge in [-0.05, 0) is 18.1 Å². The predicted octanol–water partition coefficient (Wildman–Crippen LogP) is 1.60. The zero-order chi connectivity index (χ0) is 19.8. The standard InChI is InChI=1S/C17H18F2N4O3S/c1-10(2)15(17(24)23-7-11-6-20-9-21-14(11)8-23)22-27(25,26)16-12(18)4-3-5-13(16)19/h3-6,9-10,15,22H,7-8H2,1-2H3. The van der Waals surface area contributed by atoms with Crippen LogP contribution in [0.15, 0.2) is 35.6 Å². The molecule has 0 spiro atoms. The number of nitrogens with one attached hydrogen (secondary N) is 1. The van der Waals surface area contributed by atoms with E-state index in [1.807, 2.05) is 0 Å². The molecule has 0 aliphatic carbocycles. The van der Waals surface area contributed by atoms with Gasteiger partial charge in [-0.25, -0.2) is 27.2 Å². The number of carbonyl (C=O) groups excluding carboxylic acids is 1. The lowest BCUT2D eigenvalue weighted by Gasteiger charge is -2.26. The van der Waals surface area contributed by atoms with Gasteiger partial charge in [0.15, 0.2) is 4.90 Å². The Kier molecular flexibility index (Phi) is 5.20. The van der Waals surface area contributed by atoms with Crippen LogP contribution in [0.25, 0.3) is 0 Å². The lowest BCUT2D eigenvalue weighted by Crippen LogP contribution is -2.50. The quantitative estimate of drug-likeness (QED) is 0.829. The van der Waals surface area contributed by atoms with Crippen LogP contribution in [0.2, 0.25) is 0 Å². The van der Waals surface area contributed by atoms with Gasteiger partial charge in [0.25, 0.3) is 0 Å². The average molecular weight is 396 g/mol. The van der Waals surface area contributed by atoms with Gasteiger partial charge in [-0.1, -0.05) is 19.9 Å². The Morgan fingerprint density at radius 1 is 1.22 bits per heavy atom. The van der Waals surface area contributed by atoms with E-state index in [2.05, 4.69) is 14.7 Å². The molecule has 2 heterocycles. The van der Waals surface area contributed by atoms with Gasteiger partial charge in [0.05, 0.1) is 12.2 Å². The van der Waals surface area contributed by atoms with Crippen molar-refractivity contribution in [3.05, 3.63) is 53.6 Å². The van der Waals surface area contributed by atoms with Crippen molar-refractivity contribution >= 4 is 15.9 Å². The Morgan fingerprint density at radius 2 is 1.89 bits per heavy atom. The number of rotatable bonds is 5. The highest BCUT2D eigenvalue weighted by Gasteiger charge is 2.36. The van der Waals surface area contributed by atoms with Crippen molar-refractivity contribution in [2.45, 2.75) is 37.9 Å². The van der Waals surface area contributed by atoms with E-state index in [0.29, 0.717) is 5.69 Å². The number of amides is 1. The Labute approximate surface area is 155 Å². The number of halogens is 2. The molecule has 27 heavy (non-hydrogen) atoms. The SMILES string of the molecule is CC(C)C(NS(=O)(=O)c1c(F)cccc1F)C(=O)N1Cc2cncnc2C1. The van der Waals surface area contributed by atoms with Crippen LogP contribution in [0.5, 0.6) is 0 Å². The van der Waals surface area contributed by atoms with E-state index in [9.17, 15) is 22.0 Å². The molecule has 144 valence electrons. The molecule has 7 nitrogen and oxygen atoms in total. The van der Waals surface area contributed by atoms with E-state index in [-0.39, 0.29) is 13.1 Å². The maximum atomic E-state index is 13.9. The van der Waals surface area contributed by atoms with Crippen molar-refractivity contribution in [2.24, 2.45) is 5.92 Å². The Hall–Kier alpha value is -2.46. The molecule has 1 amide bonds. The average Bonchev–Trinajstić information content (AvgIpc) is 3.02. The molecule has 0 bridgehead atoms. The number of carbonyl (C=O) groups is 1. The summed E-state index contributed by atoms with van der Waals surface area (Å²) in [5.41, 5.74) is 1.46. The highest BCUT2D eigenvalue weighted by atomic mass is 32.2. The maximum absolute atomic E-state index is 13.9. The van der Waals surface area contributed by atoms with E-state index >= 15 is 0 Å². The van der Waals surface area contributed by atoms with Crippen molar-refractivity contribution in [3.63, 3.8) is 0 Å². The van der Waals surface area contributed by atoms with Gasteiger partial charge < -0.3 is 4.90 Å². The summed E-state index contributed by atoms with van der Waals surface area (Å²) in [4.78, 5) is 21.2. The topological polar surface area (TPSA) is 92.3 Å². The zero-order valence-electron chi connectivity index (χ0n) is 14.7. The van der Waals surface area contributed by atoms with Gasteiger partial charge in [-0.3, -0.25) is 4.79 Å². The number of hydrogen-bond donors (Lipinski definition) is 1. The second kappa shape index (κ2) is 7.28. The Balaban J connectivity index is 1.85. The van der Waals surface area contributed by atoms with Crippen LogP contribution in [0.3, 0.4) is 0 Å². The third-order valence-corrected chi connectivity index (χ3v) is 5.79. The summed E-state index contributed by atoms with van der Waals surface area (Å²) in [5, 5.41) is 0. The minimum atomic E-state index is -4.58. The molecule has 1 unspecified atom stereocenters. The first-order valence-electron chi connectivity index (χ1n) is 8.23. The number of aromatic nitrogens is 2. The summed E-state index contributed by atoms with van der Waals surface area (Å²) in [6, 6.07) is 1.58. The molecule has 1 aliphatic heterocycles. The predicted molar refractivity (Wildman–Crippen MR) is 91.6 cm³/mol. The summed E-state index contributed by atoms with van der Waals surface area (Å²) >= 11 is 0. The summed E-state index contributed by atoms with van der Waals surface area (Å²) in [6.07, 6.45) is 2.97. The smallest absolute Gasteiger partial charge is 0.247 e. The fraction of sp³-hybridized carbons (Fsp3) is 0.353. The van der Waals surface area contributed by atoms with Crippen molar-refractivity contribution in [3.8, 4) is 0 Å². The van der Waals surface area contributed by atoms with Gasteiger partial charge in [-0.15, -0.1) is 0 Å². The highest BCUT2D eigenvalue weighted by molar-refractivity contribution is 7.89. The Bertz CT molecular complexity index is 937. The number of sulfonamides is 1. The molecule has 0 saturated carbocycles. The van der Waals surface area contributed by atoms with Crippen molar-refractivity contribution in [1.29, 1.82) is 0 Å². The van der Waals surface area contributed by atoms with E-state index in [1.54, 1.807) is 20.0 Å². The van der Waals surface area contributed by atoms with Crippen molar-refractivity contribution in [2.75, 3.05) is 0 Å². The summed E-state index contributed by atoms with van der Waals surface area (Å²) in [7, 11) is -4.58. The number of hydrogen-bond acceptors (Lipinski definition) is 5. The molecule has 1 aromatic heterocycles. The molecule has 2 aromatic rings. The number of benzene rings is 1. The molecular weight excluding hydrogens is 378 g/mol. The second-order valence-electron chi connectivity index (χ2n) is 6.58. The van der Waals surface area contributed by atoms with Gasteiger partial charge in [-0.2, -0.15) is 4.72 Å². The molecular formula is C17H18F2N4O3S. The highest BCUT2D eigenvalue weighted by Crippen LogP contribution is 2.23. The van der Waals surface area contributed by atoms with E-state index in [4.69, 9.17) is 0 Å². The molecule has 0 saturated heterocycles. The second-order valence-corrected chi connectivity index (χ2v) is 8.23. The fourth-order valence-corrected chi connectivity index (χ4v) is 4.36. The van der Waals surface area contributed by atoms with E-state index in [1.165, 1.54) is 11.2 Å².